The fourth-order valence-corrected chi connectivity index (χ4v) is 9.23. The van der Waals surface area contributed by atoms with Crippen LogP contribution in [-0.2, 0) is 19.1 Å². The summed E-state index contributed by atoms with van der Waals surface area (Å²) in [4.78, 5) is 53.2. The molecule has 2 fully saturated rings. The smallest absolute Gasteiger partial charge is 0.305 e. The minimum atomic E-state index is -2.78. The lowest BCUT2D eigenvalue weighted by atomic mass is 9.45. The Morgan fingerprint density at radius 2 is 1.85 bits per heavy atom. The Hall–Kier alpha value is -2.83. The topological polar surface area (TPSA) is 184 Å². The van der Waals surface area contributed by atoms with Gasteiger partial charge in [0.15, 0.2) is 11.4 Å². The van der Waals surface area contributed by atoms with Gasteiger partial charge in [0.25, 0.3) is 5.91 Å². The van der Waals surface area contributed by atoms with E-state index in [0.29, 0.717) is 22.9 Å². The third-order valence-electron chi connectivity index (χ3n) is 9.69. The summed E-state index contributed by atoms with van der Waals surface area (Å²) < 4.78 is 6.00. The highest BCUT2D eigenvalue weighted by Gasteiger charge is 2.74. The molecular weight excluding hydrogens is 549 g/mol. The number of ketones is 2. The van der Waals surface area contributed by atoms with Crippen molar-refractivity contribution in [3.05, 3.63) is 40.7 Å². The van der Waals surface area contributed by atoms with E-state index >= 15 is 0 Å². The van der Waals surface area contributed by atoms with Gasteiger partial charge in [0, 0.05) is 41.6 Å². The Morgan fingerprint density at radius 3 is 2.49 bits per heavy atom. The molecule has 6 N–H and O–H groups in total. The fraction of sp³-hybridized carbons (Fsp3) is 0.586. The zero-order valence-electron chi connectivity index (χ0n) is 23.2. The number of benzene rings is 1. The van der Waals surface area contributed by atoms with Gasteiger partial charge in [-0.1, -0.05) is 31.3 Å². The molecule has 41 heavy (non-hydrogen) atoms. The van der Waals surface area contributed by atoms with Crippen molar-refractivity contribution >= 4 is 43.1 Å². The number of esters is 1. The van der Waals surface area contributed by atoms with Crippen LogP contribution >= 0.6 is 11.8 Å². The number of phenols is 1. The number of hydrogen-bond donors (Lipinski definition) is 5. The number of hydrogen-bond acceptors (Lipinski definition) is 10. The summed E-state index contributed by atoms with van der Waals surface area (Å²) in [5.41, 5.74) is 0.340. The minimum Gasteiger partial charge on any atom is -0.511 e. The van der Waals surface area contributed by atoms with E-state index in [9.17, 15) is 39.6 Å². The van der Waals surface area contributed by atoms with Crippen LogP contribution < -0.4 is 5.73 Å². The van der Waals surface area contributed by atoms with Crippen LogP contribution in [0.4, 0.5) is 0 Å². The highest BCUT2D eigenvalue weighted by molar-refractivity contribution is 7.99. The number of thioether (sulfide) groups is 1. The van der Waals surface area contributed by atoms with Crippen molar-refractivity contribution in [2.24, 2.45) is 23.0 Å². The highest BCUT2D eigenvalue weighted by Crippen LogP contribution is 2.62. The van der Waals surface area contributed by atoms with E-state index in [0.717, 1.165) is 25.7 Å². The van der Waals surface area contributed by atoms with Crippen LogP contribution in [0.5, 0.6) is 5.75 Å². The van der Waals surface area contributed by atoms with Crippen LogP contribution in [0.25, 0.3) is 0 Å². The molecule has 0 saturated heterocycles. The SMILES string of the molecule is BCCC(=O)O[C@H]1C2[C@@H](CSC3CCCC3)c3cccc(O)c3C(=O)C2(C)C(O)[C@]2(O)C(=O)C(C(N)=O)=C(O)C[C@H]12. The van der Waals surface area contributed by atoms with E-state index in [1.54, 1.807) is 31.7 Å². The first kappa shape index (κ1) is 29.7. The molecule has 0 heterocycles. The van der Waals surface area contributed by atoms with E-state index in [1.165, 1.54) is 13.0 Å². The summed E-state index contributed by atoms with van der Waals surface area (Å²) in [6, 6.07) is 4.73. The van der Waals surface area contributed by atoms with E-state index < -0.39 is 82.2 Å². The Morgan fingerprint density at radius 1 is 1.17 bits per heavy atom. The molecule has 0 bridgehead atoms. The average Bonchev–Trinajstić information content (AvgIpc) is 3.43. The molecule has 4 aliphatic carbocycles. The summed E-state index contributed by atoms with van der Waals surface area (Å²) in [7, 11) is 1.79. The first-order valence-corrected chi connectivity index (χ1v) is 15.3. The van der Waals surface area contributed by atoms with Gasteiger partial charge in [-0.2, -0.15) is 11.8 Å². The Balaban J connectivity index is 1.73. The molecule has 0 spiro atoms. The molecule has 4 aliphatic rings. The largest absolute Gasteiger partial charge is 0.511 e. The molecule has 220 valence electrons. The second-order valence-corrected chi connectivity index (χ2v) is 13.3. The minimum absolute atomic E-state index is 0.0141. The number of nitrogens with two attached hydrogens (primary N) is 1. The number of fused-ring (bicyclic) bond motifs is 3. The number of allylic oxidation sites excluding steroid dienone is 1. The van der Waals surface area contributed by atoms with Crippen LogP contribution in [0.3, 0.4) is 0 Å². The molecule has 0 aromatic heterocycles. The molecule has 1 aromatic rings. The molecule has 1 amide bonds. The fourth-order valence-electron chi connectivity index (χ4n) is 7.70. The third-order valence-corrected chi connectivity index (χ3v) is 11.2. The monoisotopic (exact) mass is 585 g/mol. The van der Waals surface area contributed by atoms with Gasteiger partial charge in [-0.25, -0.2) is 0 Å². The third kappa shape index (κ3) is 4.41. The lowest BCUT2D eigenvalue weighted by Gasteiger charge is -2.61. The number of aliphatic hydroxyl groups excluding tert-OH is 2. The molecule has 5 rings (SSSR count). The summed E-state index contributed by atoms with van der Waals surface area (Å²) in [6.45, 7) is 1.41. The zero-order valence-corrected chi connectivity index (χ0v) is 24.0. The second-order valence-electron chi connectivity index (χ2n) is 12.0. The van der Waals surface area contributed by atoms with Crippen LogP contribution in [0.2, 0.25) is 6.32 Å². The van der Waals surface area contributed by atoms with Crippen LogP contribution in [-0.4, -0.2) is 80.5 Å². The Kier molecular flexibility index (Phi) is 7.80. The average molecular weight is 585 g/mol. The Labute approximate surface area is 243 Å². The quantitative estimate of drug-likeness (QED) is 0.178. The maximum atomic E-state index is 14.3. The van der Waals surface area contributed by atoms with Crippen molar-refractivity contribution in [1.29, 1.82) is 0 Å². The number of aromatic hydroxyl groups is 1. The number of ether oxygens (including phenoxy) is 1. The number of aliphatic hydroxyl groups is 3. The predicted molar refractivity (Wildman–Crippen MR) is 152 cm³/mol. The number of amides is 1. The van der Waals surface area contributed by atoms with Gasteiger partial charge in [-0.15, -0.1) is 0 Å². The molecule has 0 radical (unpaired) electrons. The molecule has 7 atom stereocenters. The van der Waals surface area contributed by atoms with Crippen LogP contribution in [0.1, 0.15) is 67.3 Å². The van der Waals surface area contributed by atoms with Gasteiger partial charge in [0.05, 0.1) is 11.0 Å². The van der Waals surface area contributed by atoms with Gasteiger partial charge in [0.1, 0.15) is 37.1 Å². The number of phenolic OH excluding ortho intramolecular Hbond substituents is 1. The zero-order chi connectivity index (χ0) is 29.9. The maximum absolute atomic E-state index is 14.3. The maximum Gasteiger partial charge on any atom is 0.305 e. The molecule has 1 aromatic carbocycles. The lowest BCUT2D eigenvalue weighted by Crippen LogP contribution is -2.76. The lowest BCUT2D eigenvalue weighted by molar-refractivity contribution is -0.238. The summed E-state index contributed by atoms with van der Waals surface area (Å²) >= 11 is 1.72. The second kappa shape index (κ2) is 10.8. The number of Topliss-reactive ketones (excluding diaryl/α,β-unsaturated/α-hetero) is 2. The van der Waals surface area contributed by atoms with Crippen molar-refractivity contribution in [1.82, 2.24) is 0 Å². The Bertz CT molecular complexity index is 1330. The standard InChI is InChI=1S/C29H36BNO9S/c1-28-22(15(12-41-13-5-2-3-6-13)14-7-4-8-17(32)20(14)24(28)35)23(40-19(34)9-10-30)16-11-18(33)21(26(31)37)25(36)29(16,39)27(28)38/h4,7-8,13,15-16,22-23,27,32-33,38-39H,2-3,5-6,9-12,30H2,1H3,(H2,31,37)/t15-,16+,22?,23+,27?,28?,29+/m0/s1. The van der Waals surface area contributed by atoms with Gasteiger partial charge in [-0.3, -0.25) is 19.2 Å². The summed E-state index contributed by atoms with van der Waals surface area (Å²) in [6.07, 6.45) is 0.947. The first-order valence-electron chi connectivity index (χ1n) is 14.2. The first-order chi connectivity index (χ1) is 19.4. The van der Waals surface area contributed by atoms with Gasteiger partial charge in [-0.05, 0) is 31.4 Å². The summed E-state index contributed by atoms with van der Waals surface area (Å²) in [5, 5.41) is 46.0. The van der Waals surface area contributed by atoms with Gasteiger partial charge < -0.3 is 30.9 Å². The highest BCUT2D eigenvalue weighted by atomic mass is 32.2. The summed E-state index contributed by atoms with van der Waals surface area (Å²) in [5.74, 6) is -7.24. The van der Waals surface area contributed by atoms with Crippen molar-refractivity contribution in [3.8, 4) is 5.75 Å². The van der Waals surface area contributed by atoms with E-state index in [2.05, 4.69) is 0 Å². The number of carbonyl (C=O) groups is 4. The molecule has 2 saturated carbocycles. The van der Waals surface area contributed by atoms with Crippen molar-refractivity contribution in [3.63, 3.8) is 0 Å². The van der Waals surface area contributed by atoms with Crippen molar-refractivity contribution in [2.75, 3.05) is 5.75 Å². The van der Waals surface area contributed by atoms with Crippen molar-refractivity contribution in [2.45, 2.75) is 80.7 Å². The molecular formula is C29H36BNO9S. The predicted octanol–water partition coefficient (Wildman–Crippen LogP) is 1.32. The van der Waals surface area contributed by atoms with E-state index in [4.69, 9.17) is 10.5 Å². The van der Waals surface area contributed by atoms with E-state index in [1.807, 2.05) is 0 Å². The number of carbonyl (C=O) groups excluding carboxylic acids is 4. The number of rotatable bonds is 7. The molecule has 3 unspecified atom stereocenters. The molecule has 12 heteroatoms. The number of primary amides is 1. The van der Waals surface area contributed by atoms with Gasteiger partial charge >= 0.3 is 5.97 Å². The van der Waals surface area contributed by atoms with Crippen LogP contribution in [0, 0.1) is 17.3 Å². The normalized spacial score (nSPS) is 35.0. The van der Waals surface area contributed by atoms with E-state index in [-0.39, 0.29) is 17.7 Å². The van der Waals surface area contributed by atoms with Gasteiger partial charge in [0.2, 0.25) is 5.78 Å². The van der Waals surface area contributed by atoms with Crippen LogP contribution in [0.15, 0.2) is 29.5 Å². The molecule has 0 aliphatic heterocycles. The molecule has 10 nitrogen and oxygen atoms in total. The van der Waals surface area contributed by atoms with Crippen molar-refractivity contribution < 1.29 is 44.3 Å².